The second-order valence-corrected chi connectivity index (χ2v) is 3.61. The number of ether oxygens (including phenoxy) is 1. The number of aromatic hydroxyl groups is 1. The minimum atomic E-state index is -0.690. The number of hydrogen-bond acceptors (Lipinski definition) is 4. The molecule has 16 heavy (non-hydrogen) atoms. The number of phenolic OH excluding ortho intramolecular Hbond substituents is 1. The van der Waals surface area contributed by atoms with Gasteiger partial charge in [0.2, 0.25) is 0 Å². The molecule has 1 rings (SSSR count). The second kappa shape index (κ2) is 6.35. The van der Waals surface area contributed by atoms with E-state index in [1.807, 2.05) is 6.92 Å². The summed E-state index contributed by atoms with van der Waals surface area (Å²) in [6, 6.07) is 5.11. The lowest BCUT2D eigenvalue weighted by Gasteiger charge is -2.10. The SMILES string of the molecule is CCOc1cc(CCC(O)CO)ccc1O. The van der Waals surface area contributed by atoms with Crippen molar-refractivity contribution in [3.8, 4) is 11.5 Å². The summed E-state index contributed by atoms with van der Waals surface area (Å²) in [4.78, 5) is 0. The van der Waals surface area contributed by atoms with Crippen LogP contribution in [0.3, 0.4) is 0 Å². The van der Waals surface area contributed by atoms with Crippen molar-refractivity contribution in [3.05, 3.63) is 23.8 Å². The predicted molar refractivity (Wildman–Crippen MR) is 60.7 cm³/mol. The summed E-state index contributed by atoms with van der Waals surface area (Å²) in [5, 5.41) is 27.4. The minimum absolute atomic E-state index is 0.119. The maximum atomic E-state index is 9.48. The Morgan fingerprint density at radius 3 is 2.75 bits per heavy atom. The second-order valence-electron chi connectivity index (χ2n) is 3.61. The molecule has 0 bridgehead atoms. The molecule has 1 atom stereocenters. The summed E-state index contributed by atoms with van der Waals surface area (Å²) in [5.41, 5.74) is 0.966. The van der Waals surface area contributed by atoms with E-state index in [9.17, 15) is 10.2 Å². The van der Waals surface area contributed by atoms with Crippen LogP contribution < -0.4 is 4.74 Å². The van der Waals surface area contributed by atoms with Gasteiger partial charge in [0, 0.05) is 0 Å². The highest BCUT2D eigenvalue weighted by Gasteiger charge is 2.06. The summed E-state index contributed by atoms with van der Waals surface area (Å²) < 4.78 is 5.25. The Kier molecular flexibility index (Phi) is 5.08. The lowest BCUT2D eigenvalue weighted by atomic mass is 10.1. The van der Waals surface area contributed by atoms with Gasteiger partial charge in [-0.05, 0) is 37.5 Å². The lowest BCUT2D eigenvalue weighted by Crippen LogP contribution is -2.12. The Morgan fingerprint density at radius 2 is 2.12 bits per heavy atom. The number of hydrogen-bond donors (Lipinski definition) is 3. The third-order valence-electron chi connectivity index (χ3n) is 2.30. The quantitative estimate of drug-likeness (QED) is 0.678. The fourth-order valence-corrected chi connectivity index (χ4v) is 1.41. The Bertz CT molecular complexity index is 325. The van der Waals surface area contributed by atoms with Gasteiger partial charge in [0.05, 0.1) is 19.3 Å². The molecule has 0 aliphatic rings. The number of benzene rings is 1. The molecule has 0 saturated carbocycles. The van der Waals surface area contributed by atoms with Gasteiger partial charge in [-0.2, -0.15) is 0 Å². The van der Waals surface area contributed by atoms with E-state index in [0.717, 1.165) is 5.56 Å². The van der Waals surface area contributed by atoms with E-state index >= 15 is 0 Å². The van der Waals surface area contributed by atoms with E-state index in [2.05, 4.69) is 0 Å². The first-order chi connectivity index (χ1) is 7.67. The van der Waals surface area contributed by atoms with Crippen LogP contribution in [0.15, 0.2) is 18.2 Å². The molecule has 0 saturated heterocycles. The molecule has 0 radical (unpaired) electrons. The van der Waals surface area contributed by atoms with Crippen molar-refractivity contribution < 1.29 is 20.1 Å². The van der Waals surface area contributed by atoms with Crippen molar-refractivity contribution in [1.82, 2.24) is 0 Å². The Hall–Kier alpha value is -1.26. The highest BCUT2D eigenvalue weighted by molar-refractivity contribution is 5.41. The number of phenols is 1. The molecule has 1 aromatic rings. The van der Waals surface area contributed by atoms with Gasteiger partial charge >= 0.3 is 0 Å². The first kappa shape index (κ1) is 12.8. The summed E-state index contributed by atoms with van der Waals surface area (Å²) in [6.45, 7) is 2.12. The largest absolute Gasteiger partial charge is 0.504 e. The van der Waals surface area contributed by atoms with Gasteiger partial charge < -0.3 is 20.1 Å². The van der Waals surface area contributed by atoms with Crippen molar-refractivity contribution in [3.63, 3.8) is 0 Å². The topological polar surface area (TPSA) is 69.9 Å². The van der Waals surface area contributed by atoms with Crippen LogP contribution in [0.2, 0.25) is 0 Å². The van der Waals surface area contributed by atoms with E-state index in [-0.39, 0.29) is 12.4 Å². The highest BCUT2D eigenvalue weighted by atomic mass is 16.5. The number of aliphatic hydroxyl groups excluding tert-OH is 2. The minimum Gasteiger partial charge on any atom is -0.504 e. The molecule has 0 aliphatic heterocycles. The fourth-order valence-electron chi connectivity index (χ4n) is 1.41. The average molecular weight is 226 g/mol. The normalized spacial score (nSPS) is 12.4. The third-order valence-corrected chi connectivity index (χ3v) is 2.30. The van der Waals surface area contributed by atoms with E-state index in [0.29, 0.717) is 25.2 Å². The van der Waals surface area contributed by atoms with Crippen LogP contribution in [0, 0.1) is 0 Å². The van der Waals surface area contributed by atoms with Gasteiger partial charge in [-0.15, -0.1) is 0 Å². The molecular formula is C12H18O4. The van der Waals surface area contributed by atoms with Gasteiger partial charge in [0.15, 0.2) is 11.5 Å². The van der Waals surface area contributed by atoms with Gasteiger partial charge in [-0.1, -0.05) is 6.07 Å². The maximum Gasteiger partial charge on any atom is 0.161 e. The Labute approximate surface area is 95.1 Å². The molecule has 0 spiro atoms. The van der Waals surface area contributed by atoms with Crippen LogP contribution in [-0.2, 0) is 6.42 Å². The van der Waals surface area contributed by atoms with Crippen molar-refractivity contribution in [1.29, 1.82) is 0 Å². The number of aliphatic hydroxyl groups is 2. The van der Waals surface area contributed by atoms with Crippen molar-refractivity contribution in [2.75, 3.05) is 13.2 Å². The molecular weight excluding hydrogens is 208 g/mol. The van der Waals surface area contributed by atoms with Crippen LogP contribution in [0.4, 0.5) is 0 Å². The van der Waals surface area contributed by atoms with Gasteiger partial charge in [0.25, 0.3) is 0 Å². The first-order valence-electron chi connectivity index (χ1n) is 5.41. The Balaban J connectivity index is 2.63. The van der Waals surface area contributed by atoms with Crippen LogP contribution >= 0.6 is 0 Å². The summed E-state index contributed by atoms with van der Waals surface area (Å²) in [7, 11) is 0. The molecule has 0 aliphatic carbocycles. The van der Waals surface area contributed by atoms with Crippen LogP contribution in [0.1, 0.15) is 18.9 Å². The average Bonchev–Trinajstić information content (AvgIpc) is 2.30. The van der Waals surface area contributed by atoms with Crippen molar-refractivity contribution >= 4 is 0 Å². The molecule has 4 heteroatoms. The zero-order valence-corrected chi connectivity index (χ0v) is 9.39. The van der Waals surface area contributed by atoms with Gasteiger partial charge in [0.1, 0.15) is 0 Å². The lowest BCUT2D eigenvalue weighted by molar-refractivity contribution is 0.0885. The number of aryl methyl sites for hydroxylation is 1. The molecule has 0 amide bonds. The molecule has 1 aromatic carbocycles. The zero-order chi connectivity index (χ0) is 12.0. The molecule has 0 fully saturated rings. The molecule has 0 heterocycles. The van der Waals surface area contributed by atoms with E-state index < -0.39 is 6.10 Å². The smallest absolute Gasteiger partial charge is 0.161 e. The first-order valence-corrected chi connectivity index (χ1v) is 5.41. The zero-order valence-electron chi connectivity index (χ0n) is 9.39. The van der Waals surface area contributed by atoms with E-state index in [1.54, 1.807) is 18.2 Å². The van der Waals surface area contributed by atoms with E-state index in [4.69, 9.17) is 9.84 Å². The summed E-state index contributed by atoms with van der Waals surface area (Å²) in [5.74, 6) is 0.576. The standard InChI is InChI=1S/C12H18O4/c1-2-16-12-7-9(4-6-11(12)15)3-5-10(14)8-13/h4,6-7,10,13-15H,2-3,5,8H2,1H3. The molecule has 90 valence electrons. The predicted octanol–water partition coefficient (Wildman–Crippen LogP) is 1.08. The highest BCUT2D eigenvalue weighted by Crippen LogP contribution is 2.27. The van der Waals surface area contributed by atoms with Crippen molar-refractivity contribution in [2.45, 2.75) is 25.9 Å². The monoisotopic (exact) mass is 226 g/mol. The van der Waals surface area contributed by atoms with Crippen LogP contribution in [-0.4, -0.2) is 34.6 Å². The van der Waals surface area contributed by atoms with E-state index in [1.165, 1.54) is 0 Å². The Morgan fingerprint density at radius 1 is 1.38 bits per heavy atom. The van der Waals surface area contributed by atoms with Gasteiger partial charge in [-0.25, -0.2) is 0 Å². The summed E-state index contributed by atoms with van der Waals surface area (Å²) >= 11 is 0. The number of rotatable bonds is 6. The maximum absolute atomic E-state index is 9.48. The van der Waals surface area contributed by atoms with Crippen molar-refractivity contribution in [2.24, 2.45) is 0 Å². The molecule has 1 unspecified atom stereocenters. The molecule has 4 nitrogen and oxygen atoms in total. The van der Waals surface area contributed by atoms with Crippen LogP contribution in [0.5, 0.6) is 11.5 Å². The molecule has 3 N–H and O–H groups in total. The third kappa shape index (κ3) is 3.72. The van der Waals surface area contributed by atoms with Crippen LogP contribution in [0.25, 0.3) is 0 Å². The summed E-state index contributed by atoms with van der Waals surface area (Å²) in [6.07, 6.45) is 0.443. The molecule has 0 aromatic heterocycles. The van der Waals surface area contributed by atoms with Gasteiger partial charge in [-0.3, -0.25) is 0 Å². The fraction of sp³-hybridized carbons (Fsp3) is 0.500.